The normalized spacial score (nSPS) is 11.5. The van der Waals surface area contributed by atoms with Gasteiger partial charge in [0.25, 0.3) is 0 Å². The number of carbonyl (C=O) groups is 1. The highest BCUT2D eigenvalue weighted by Crippen LogP contribution is 2.33. The lowest BCUT2D eigenvalue weighted by Gasteiger charge is -2.09. The first-order valence-corrected chi connectivity index (χ1v) is 11.1. The van der Waals surface area contributed by atoms with Gasteiger partial charge in [-0.1, -0.05) is 36.4 Å². The molecule has 5 rings (SSSR count). The van der Waals surface area contributed by atoms with Gasteiger partial charge in [0.1, 0.15) is 18.1 Å². The van der Waals surface area contributed by atoms with Gasteiger partial charge < -0.3 is 15.6 Å². The smallest absolute Gasteiger partial charge is 0.307 e. The molecule has 2 heterocycles. The number of nitrogens with two attached hydrogens (primary N) is 1. The Hall–Kier alpha value is -4.33. The summed E-state index contributed by atoms with van der Waals surface area (Å²) in [5, 5.41) is 23.1. The minimum atomic E-state index is -0.899. The first kappa shape index (κ1) is 21.5. The fraction of sp³-hybridized carbons (Fsp3) is 0.192. The maximum Gasteiger partial charge on any atom is 0.307 e. The van der Waals surface area contributed by atoms with Crippen molar-refractivity contribution in [1.82, 2.24) is 20.0 Å². The Balaban J connectivity index is 1.56. The number of hydrogen-bond acceptors (Lipinski definition) is 5. The van der Waals surface area contributed by atoms with Crippen LogP contribution in [0.4, 0.5) is 5.82 Å². The van der Waals surface area contributed by atoms with Crippen molar-refractivity contribution in [3.63, 3.8) is 0 Å². The van der Waals surface area contributed by atoms with E-state index in [1.54, 1.807) is 12.1 Å². The van der Waals surface area contributed by atoms with Crippen LogP contribution in [-0.4, -0.2) is 31.1 Å². The number of aliphatic carboxylic acids is 1. The topological polar surface area (TPSA) is 119 Å². The van der Waals surface area contributed by atoms with Gasteiger partial charge in [0.2, 0.25) is 0 Å². The number of aromatic nitrogens is 4. The second kappa shape index (κ2) is 8.55. The summed E-state index contributed by atoms with van der Waals surface area (Å²) in [6, 6.07) is 19.6. The summed E-state index contributed by atoms with van der Waals surface area (Å²) in [5.74, 6) is 0.120. The molecule has 172 valence electrons. The lowest BCUT2D eigenvalue weighted by atomic mass is 10.0. The van der Waals surface area contributed by atoms with Gasteiger partial charge in [0.05, 0.1) is 17.5 Å². The predicted molar refractivity (Wildman–Crippen MR) is 132 cm³/mol. The van der Waals surface area contributed by atoms with E-state index >= 15 is 0 Å². The number of aromatic amines is 1. The molecular weight excluding hydrogens is 430 g/mol. The van der Waals surface area contributed by atoms with Gasteiger partial charge in [-0.15, -0.1) is 0 Å². The number of carboxylic acid groups (broad SMARTS) is 1. The maximum atomic E-state index is 11.2. The standard InChI is InChI=1S/C26H25N5O3/c1-15(2)31-22-11-10-16(18-7-5-8-19-25(18)28-29-26(19)27)12-20(22)21(30-31)14-34-23-9-4-3-6-17(23)13-24(32)33/h3-12,15H,13-14H2,1-2H3,(H,32,33)(H3,27,28,29). The van der Waals surface area contributed by atoms with Crippen molar-refractivity contribution in [3.8, 4) is 16.9 Å². The minimum Gasteiger partial charge on any atom is -0.487 e. The minimum absolute atomic E-state index is 0.0984. The predicted octanol–water partition coefficient (Wildman–Crippen LogP) is 4.95. The van der Waals surface area contributed by atoms with Crippen molar-refractivity contribution in [2.24, 2.45) is 0 Å². The van der Waals surface area contributed by atoms with E-state index < -0.39 is 5.97 Å². The number of para-hydroxylation sites is 2. The van der Waals surface area contributed by atoms with Crippen molar-refractivity contribution in [1.29, 1.82) is 0 Å². The van der Waals surface area contributed by atoms with E-state index in [1.807, 2.05) is 35.0 Å². The molecule has 0 saturated heterocycles. The van der Waals surface area contributed by atoms with Crippen LogP contribution in [0, 0.1) is 0 Å². The molecule has 8 nitrogen and oxygen atoms in total. The molecule has 0 radical (unpaired) electrons. The van der Waals surface area contributed by atoms with Crippen LogP contribution in [0.2, 0.25) is 0 Å². The van der Waals surface area contributed by atoms with Crippen molar-refractivity contribution >= 4 is 33.6 Å². The number of hydrogen-bond donors (Lipinski definition) is 3. The average Bonchev–Trinajstić information content (AvgIpc) is 3.38. The number of nitrogen functional groups attached to an aromatic ring is 1. The first-order valence-electron chi connectivity index (χ1n) is 11.1. The number of benzene rings is 3. The average molecular weight is 456 g/mol. The zero-order valence-electron chi connectivity index (χ0n) is 18.9. The van der Waals surface area contributed by atoms with Gasteiger partial charge >= 0.3 is 5.97 Å². The first-order chi connectivity index (χ1) is 16.4. The molecule has 0 aliphatic heterocycles. The second-order valence-electron chi connectivity index (χ2n) is 8.52. The van der Waals surface area contributed by atoms with Crippen molar-refractivity contribution in [2.45, 2.75) is 32.9 Å². The molecule has 0 amide bonds. The summed E-state index contributed by atoms with van der Waals surface area (Å²) in [6.45, 7) is 4.39. The van der Waals surface area contributed by atoms with E-state index in [0.29, 0.717) is 17.1 Å². The molecule has 3 aromatic carbocycles. The summed E-state index contributed by atoms with van der Waals surface area (Å²) < 4.78 is 8.05. The van der Waals surface area contributed by atoms with Crippen LogP contribution in [-0.2, 0) is 17.8 Å². The summed E-state index contributed by atoms with van der Waals surface area (Å²) in [6.07, 6.45) is -0.0984. The number of carboxylic acids is 1. The monoisotopic (exact) mass is 455 g/mol. The Bertz CT molecular complexity index is 1520. The van der Waals surface area contributed by atoms with Gasteiger partial charge in [-0.3, -0.25) is 14.6 Å². The molecule has 0 atom stereocenters. The van der Waals surface area contributed by atoms with Gasteiger partial charge in [-0.05, 0) is 43.7 Å². The van der Waals surface area contributed by atoms with Crippen molar-refractivity contribution in [2.75, 3.05) is 5.73 Å². The third-order valence-electron chi connectivity index (χ3n) is 5.89. The Morgan fingerprint density at radius 1 is 1.12 bits per heavy atom. The number of nitrogens with zero attached hydrogens (tertiary/aromatic N) is 3. The molecule has 0 unspecified atom stereocenters. The van der Waals surface area contributed by atoms with E-state index in [4.69, 9.17) is 15.6 Å². The fourth-order valence-corrected chi connectivity index (χ4v) is 4.28. The molecule has 0 aliphatic carbocycles. The summed E-state index contributed by atoms with van der Waals surface area (Å²) in [5.41, 5.74) is 11.3. The number of H-pyrrole nitrogens is 1. The number of rotatable bonds is 7. The van der Waals surface area contributed by atoms with Crippen molar-refractivity contribution < 1.29 is 14.6 Å². The van der Waals surface area contributed by atoms with Crippen LogP contribution in [0.5, 0.6) is 5.75 Å². The van der Waals surface area contributed by atoms with Gasteiger partial charge in [0.15, 0.2) is 5.82 Å². The third kappa shape index (κ3) is 3.83. The van der Waals surface area contributed by atoms with E-state index in [9.17, 15) is 9.90 Å². The largest absolute Gasteiger partial charge is 0.487 e. The number of ether oxygens (including phenoxy) is 1. The Kier molecular flexibility index (Phi) is 5.41. The number of anilines is 1. The SMILES string of the molecule is CC(C)n1nc(COc2ccccc2CC(=O)O)c2cc(-c3cccc4c(N)n[nH]c34)ccc21. The zero-order chi connectivity index (χ0) is 23.8. The van der Waals surface area contributed by atoms with Crippen molar-refractivity contribution in [3.05, 3.63) is 71.9 Å². The van der Waals surface area contributed by atoms with E-state index in [2.05, 4.69) is 42.2 Å². The van der Waals surface area contributed by atoms with Gasteiger partial charge in [-0.2, -0.15) is 10.2 Å². The molecule has 0 bridgehead atoms. The fourth-order valence-electron chi connectivity index (χ4n) is 4.28. The highest BCUT2D eigenvalue weighted by Gasteiger charge is 2.17. The zero-order valence-corrected chi connectivity index (χ0v) is 18.9. The summed E-state index contributed by atoms with van der Waals surface area (Å²) in [4.78, 5) is 11.2. The van der Waals surface area contributed by atoms with E-state index in [0.717, 1.165) is 38.6 Å². The van der Waals surface area contributed by atoms with Crippen LogP contribution >= 0.6 is 0 Å². The second-order valence-corrected chi connectivity index (χ2v) is 8.52. The van der Waals surface area contributed by atoms with E-state index in [1.165, 1.54) is 0 Å². The molecule has 0 aliphatic rings. The summed E-state index contributed by atoms with van der Waals surface area (Å²) in [7, 11) is 0. The molecule has 0 spiro atoms. The highest BCUT2D eigenvalue weighted by atomic mass is 16.5. The lowest BCUT2D eigenvalue weighted by molar-refractivity contribution is -0.136. The van der Waals surface area contributed by atoms with Crippen LogP contribution in [0.3, 0.4) is 0 Å². The van der Waals surface area contributed by atoms with Crippen LogP contribution in [0.25, 0.3) is 32.9 Å². The Labute approximate surface area is 196 Å². The molecule has 0 saturated carbocycles. The molecule has 8 heteroatoms. The number of fused-ring (bicyclic) bond motifs is 2. The van der Waals surface area contributed by atoms with Gasteiger partial charge in [0, 0.05) is 27.9 Å². The van der Waals surface area contributed by atoms with Crippen LogP contribution in [0.15, 0.2) is 60.7 Å². The Morgan fingerprint density at radius 2 is 1.94 bits per heavy atom. The maximum absolute atomic E-state index is 11.2. The van der Waals surface area contributed by atoms with Crippen LogP contribution in [0.1, 0.15) is 31.1 Å². The lowest BCUT2D eigenvalue weighted by Crippen LogP contribution is -2.06. The number of nitrogens with one attached hydrogen (secondary N) is 1. The molecule has 5 aromatic rings. The molecule has 2 aromatic heterocycles. The molecule has 0 fully saturated rings. The van der Waals surface area contributed by atoms with E-state index in [-0.39, 0.29) is 19.1 Å². The third-order valence-corrected chi connectivity index (χ3v) is 5.89. The summed E-state index contributed by atoms with van der Waals surface area (Å²) >= 11 is 0. The quantitative estimate of drug-likeness (QED) is 0.319. The molecule has 34 heavy (non-hydrogen) atoms. The molecule has 4 N–H and O–H groups in total. The van der Waals surface area contributed by atoms with Crippen LogP contribution < -0.4 is 10.5 Å². The molecular formula is C26H25N5O3. The van der Waals surface area contributed by atoms with Gasteiger partial charge in [-0.25, -0.2) is 0 Å². The highest BCUT2D eigenvalue weighted by molar-refractivity contribution is 6.00. The Morgan fingerprint density at radius 3 is 2.74 bits per heavy atom.